The van der Waals surface area contributed by atoms with Crippen molar-refractivity contribution in [2.24, 2.45) is 4.99 Å². The summed E-state index contributed by atoms with van der Waals surface area (Å²) in [5, 5.41) is 7.79. The maximum absolute atomic E-state index is 4.56. The average molecular weight is 515 g/mol. The molecule has 0 spiro atoms. The molecule has 9 heteroatoms. The molecule has 0 radical (unpaired) electrons. The Kier molecular flexibility index (Phi) is 8.90. The zero-order valence-electron chi connectivity index (χ0n) is 17.0. The van der Waals surface area contributed by atoms with Crippen LogP contribution in [0, 0.1) is 13.8 Å². The SMILES string of the molecule is CN=C(NCc1ccnc(N2CCN(C)CC2)c1)NCc1nc(C)c(C)s1.I. The van der Waals surface area contributed by atoms with E-state index in [0.29, 0.717) is 13.1 Å². The minimum absolute atomic E-state index is 0. The van der Waals surface area contributed by atoms with Gasteiger partial charge in [0.15, 0.2) is 5.96 Å². The second kappa shape index (κ2) is 10.9. The van der Waals surface area contributed by atoms with Crippen LogP contribution in [0.15, 0.2) is 23.3 Å². The highest BCUT2D eigenvalue weighted by atomic mass is 127. The van der Waals surface area contributed by atoms with Gasteiger partial charge in [0.25, 0.3) is 0 Å². The van der Waals surface area contributed by atoms with E-state index in [2.05, 4.69) is 55.4 Å². The number of hydrogen-bond acceptors (Lipinski definition) is 6. The fourth-order valence-corrected chi connectivity index (χ4v) is 3.83. The number of aryl methyl sites for hydroxylation is 2. The normalized spacial score (nSPS) is 15.3. The Morgan fingerprint density at radius 3 is 2.54 bits per heavy atom. The standard InChI is InChI=1S/C19H29N7S.HI/c1-14-15(2)27-18(24-14)13-23-19(20-3)22-12-16-5-6-21-17(11-16)26-9-7-25(4)8-10-26;/h5-6,11H,7-10,12-13H2,1-4H3,(H2,20,22,23);1H. The van der Waals surface area contributed by atoms with Gasteiger partial charge in [0.05, 0.1) is 12.2 Å². The fraction of sp³-hybridized carbons (Fsp3) is 0.526. The first-order valence-electron chi connectivity index (χ1n) is 9.31. The number of thiazole rings is 1. The number of nitrogens with zero attached hydrogens (tertiary/aromatic N) is 5. The number of piperazine rings is 1. The first kappa shape index (κ1) is 22.8. The molecule has 0 atom stereocenters. The van der Waals surface area contributed by atoms with E-state index in [1.54, 1.807) is 18.4 Å². The van der Waals surface area contributed by atoms with Gasteiger partial charge in [-0.25, -0.2) is 9.97 Å². The maximum atomic E-state index is 4.56. The van der Waals surface area contributed by atoms with Crippen LogP contribution in [-0.2, 0) is 13.1 Å². The average Bonchev–Trinajstić information content (AvgIpc) is 3.00. The molecule has 3 heterocycles. The van der Waals surface area contributed by atoms with Gasteiger partial charge in [0.1, 0.15) is 10.8 Å². The van der Waals surface area contributed by atoms with E-state index in [1.165, 1.54) is 10.4 Å². The van der Waals surface area contributed by atoms with Crippen LogP contribution in [0.3, 0.4) is 0 Å². The van der Waals surface area contributed by atoms with Gasteiger partial charge >= 0.3 is 0 Å². The number of nitrogens with one attached hydrogen (secondary N) is 2. The molecule has 1 aliphatic rings. The summed E-state index contributed by atoms with van der Waals surface area (Å²) in [5.74, 6) is 1.83. The van der Waals surface area contributed by atoms with Gasteiger partial charge in [-0.2, -0.15) is 0 Å². The van der Waals surface area contributed by atoms with Crippen LogP contribution in [-0.4, -0.2) is 61.1 Å². The third kappa shape index (κ3) is 6.28. The topological polar surface area (TPSA) is 68.7 Å². The van der Waals surface area contributed by atoms with E-state index in [-0.39, 0.29) is 24.0 Å². The maximum Gasteiger partial charge on any atom is 0.191 e. The van der Waals surface area contributed by atoms with E-state index in [4.69, 9.17) is 0 Å². The molecule has 1 saturated heterocycles. The Bertz CT molecular complexity index is 765. The highest BCUT2D eigenvalue weighted by molar-refractivity contribution is 14.0. The quantitative estimate of drug-likeness (QED) is 0.362. The molecule has 3 rings (SSSR count). The van der Waals surface area contributed by atoms with Crippen molar-refractivity contribution in [3.05, 3.63) is 39.5 Å². The number of aromatic nitrogens is 2. The molecular formula is C19H30IN7S. The monoisotopic (exact) mass is 515 g/mol. The number of hydrogen-bond donors (Lipinski definition) is 2. The Labute approximate surface area is 188 Å². The van der Waals surface area contributed by atoms with Crippen molar-refractivity contribution >= 4 is 47.1 Å². The fourth-order valence-electron chi connectivity index (χ4n) is 2.96. The second-order valence-electron chi connectivity index (χ2n) is 6.84. The zero-order valence-corrected chi connectivity index (χ0v) is 20.2. The third-order valence-corrected chi connectivity index (χ3v) is 5.87. The molecule has 0 aliphatic carbocycles. The van der Waals surface area contributed by atoms with Gasteiger partial charge in [-0.15, -0.1) is 35.3 Å². The van der Waals surface area contributed by atoms with Crippen molar-refractivity contribution in [2.75, 3.05) is 45.2 Å². The summed E-state index contributed by atoms with van der Waals surface area (Å²) in [6.07, 6.45) is 1.89. The predicted octanol–water partition coefficient (Wildman–Crippen LogP) is 2.39. The van der Waals surface area contributed by atoms with Crippen LogP contribution >= 0.6 is 35.3 Å². The van der Waals surface area contributed by atoms with E-state index in [1.807, 2.05) is 19.2 Å². The van der Waals surface area contributed by atoms with E-state index >= 15 is 0 Å². The highest BCUT2D eigenvalue weighted by Crippen LogP contribution is 2.16. The predicted molar refractivity (Wildman–Crippen MR) is 128 cm³/mol. The molecule has 1 aliphatic heterocycles. The molecule has 28 heavy (non-hydrogen) atoms. The molecule has 0 saturated carbocycles. The van der Waals surface area contributed by atoms with Crippen molar-refractivity contribution in [1.29, 1.82) is 0 Å². The second-order valence-corrected chi connectivity index (χ2v) is 8.13. The molecule has 0 aromatic carbocycles. The van der Waals surface area contributed by atoms with Gasteiger partial charge in [0, 0.05) is 50.8 Å². The summed E-state index contributed by atoms with van der Waals surface area (Å²) in [7, 11) is 3.95. The highest BCUT2D eigenvalue weighted by Gasteiger charge is 2.15. The van der Waals surface area contributed by atoms with E-state index in [0.717, 1.165) is 48.7 Å². The molecule has 7 nitrogen and oxygen atoms in total. The first-order chi connectivity index (χ1) is 13.0. The molecule has 0 bridgehead atoms. The molecule has 2 aromatic rings. The summed E-state index contributed by atoms with van der Waals surface area (Å²) in [6, 6.07) is 4.21. The smallest absolute Gasteiger partial charge is 0.191 e. The zero-order chi connectivity index (χ0) is 19.2. The number of likely N-dealkylation sites (N-methyl/N-ethyl adjacent to an activating group) is 1. The Morgan fingerprint density at radius 1 is 1.18 bits per heavy atom. The molecule has 2 N–H and O–H groups in total. The van der Waals surface area contributed by atoms with Crippen LogP contribution in [0.4, 0.5) is 5.82 Å². The Morgan fingerprint density at radius 2 is 1.89 bits per heavy atom. The minimum Gasteiger partial charge on any atom is -0.354 e. The Hall–Kier alpha value is -1.46. The lowest BCUT2D eigenvalue weighted by molar-refractivity contribution is 0.312. The van der Waals surface area contributed by atoms with Crippen molar-refractivity contribution in [3.8, 4) is 0 Å². The van der Waals surface area contributed by atoms with Gasteiger partial charge in [-0.05, 0) is 38.6 Å². The molecule has 0 unspecified atom stereocenters. The van der Waals surface area contributed by atoms with Crippen molar-refractivity contribution in [1.82, 2.24) is 25.5 Å². The molecule has 2 aromatic heterocycles. The van der Waals surface area contributed by atoms with Gasteiger partial charge in [-0.3, -0.25) is 4.99 Å². The van der Waals surface area contributed by atoms with E-state index in [9.17, 15) is 0 Å². The summed E-state index contributed by atoms with van der Waals surface area (Å²) < 4.78 is 0. The van der Waals surface area contributed by atoms with Crippen LogP contribution in [0.1, 0.15) is 21.1 Å². The van der Waals surface area contributed by atoms with Crippen molar-refractivity contribution < 1.29 is 0 Å². The number of aliphatic imine (C=N–C) groups is 1. The van der Waals surface area contributed by atoms with Gasteiger partial charge in [-0.1, -0.05) is 0 Å². The van der Waals surface area contributed by atoms with Gasteiger partial charge in [0.2, 0.25) is 0 Å². The number of anilines is 1. The summed E-state index contributed by atoms with van der Waals surface area (Å²) in [5.41, 5.74) is 2.30. The van der Waals surface area contributed by atoms with Crippen LogP contribution in [0.5, 0.6) is 0 Å². The number of pyridine rings is 1. The number of halogens is 1. The number of rotatable bonds is 5. The third-order valence-electron chi connectivity index (χ3n) is 4.80. The number of guanidine groups is 1. The summed E-state index contributed by atoms with van der Waals surface area (Å²) >= 11 is 1.73. The molecule has 154 valence electrons. The molecule has 0 amide bonds. The van der Waals surface area contributed by atoms with Crippen molar-refractivity contribution in [2.45, 2.75) is 26.9 Å². The van der Waals surface area contributed by atoms with Crippen LogP contribution < -0.4 is 15.5 Å². The van der Waals surface area contributed by atoms with E-state index < -0.39 is 0 Å². The lowest BCUT2D eigenvalue weighted by Gasteiger charge is -2.33. The lowest BCUT2D eigenvalue weighted by Crippen LogP contribution is -2.44. The summed E-state index contributed by atoms with van der Waals surface area (Å²) in [4.78, 5) is 19.4. The first-order valence-corrected chi connectivity index (χ1v) is 10.1. The lowest BCUT2D eigenvalue weighted by atomic mass is 10.2. The Balaban J connectivity index is 0.00000280. The van der Waals surface area contributed by atoms with Gasteiger partial charge < -0.3 is 20.4 Å². The van der Waals surface area contributed by atoms with Crippen LogP contribution in [0.25, 0.3) is 0 Å². The largest absolute Gasteiger partial charge is 0.354 e. The van der Waals surface area contributed by atoms with Crippen molar-refractivity contribution in [3.63, 3.8) is 0 Å². The van der Waals surface area contributed by atoms with Crippen LogP contribution in [0.2, 0.25) is 0 Å². The minimum atomic E-state index is 0. The summed E-state index contributed by atoms with van der Waals surface area (Å²) in [6.45, 7) is 9.74. The molecule has 1 fully saturated rings. The molecular weight excluding hydrogens is 485 g/mol.